The second-order valence-electron chi connectivity index (χ2n) is 5.00. The van der Waals surface area contributed by atoms with Crippen LogP contribution in [0.15, 0.2) is 10.9 Å². The molecule has 1 aromatic heterocycles. The Morgan fingerprint density at radius 3 is 2.45 bits per heavy atom. The van der Waals surface area contributed by atoms with E-state index in [1.54, 1.807) is 0 Å². The number of nitrogens with zero attached hydrogens (tertiary/aromatic N) is 1. The smallest absolute Gasteiger partial charge is 0.344 e. The van der Waals surface area contributed by atoms with Crippen molar-refractivity contribution in [2.24, 2.45) is 0 Å². The van der Waals surface area contributed by atoms with Crippen LogP contribution in [0.3, 0.4) is 0 Å². The molecule has 116 valence electrons. The van der Waals surface area contributed by atoms with Crippen molar-refractivity contribution in [3.63, 3.8) is 0 Å². The number of hydrogen-bond donors (Lipinski definition) is 1. The summed E-state index contributed by atoms with van der Waals surface area (Å²) in [6, 6.07) is 0.153. The highest BCUT2D eigenvalue weighted by atomic mass is 19.2. The molecule has 0 spiro atoms. The predicted octanol–water partition coefficient (Wildman–Crippen LogP) is 2.46. The third kappa shape index (κ3) is 1.87. The maximum absolute atomic E-state index is 14.3. The summed E-state index contributed by atoms with van der Waals surface area (Å²) in [6.45, 7) is 0. The van der Waals surface area contributed by atoms with Gasteiger partial charge < -0.3 is 14.4 Å². The summed E-state index contributed by atoms with van der Waals surface area (Å²) in [5.41, 5.74) is -2.45. The average Bonchev–Trinajstić information content (AvgIpc) is 3.26. The first kappa shape index (κ1) is 14.4. The minimum Gasteiger partial charge on any atom is -0.491 e. The van der Waals surface area contributed by atoms with Crippen molar-refractivity contribution in [3.05, 3.63) is 39.4 Å². The molecule has 0 atom stereocenters. The SMILES string of the molecule is COc1c(F)c(F)cc2c(F)c(C(=O)O)c(=O)n(C3CC3)c12. The zero-order valence-electron chi connectivity index (χ0n) is 11.3. The van der Waals surface area contributed by atoms with E-state index in [0.717, 1.165) is 11.7 Å². The van der Waals surface area contributed by atoms with Crippen LogP contribution in [-0.2, 0) is 0 Å². The third-order valence-corrected chi connectivity index (χ3v) is 3.61. The van der Waals surface area contributed by atoms with Gasteiger partial charge in [-0.05, 0) is 18.9 Å². The number of pyridine rings is 1. The van der Waals surface area contributed by atoms with E-state index in [1.165, 1.54) is 0 Å². The summed E-state index contributed by atoms with van der Waals surface area (Å²) in [5, 5.41) is 8.53. The van der Waals surface area contributed by atoms with Crippen molar-refractivity contribution < 1.29 is 27.8 Å². The van der Waals surface area contributed by atoms with Gasteiger partial charge in [0.2, 0.25) is 5.82 Å². The summed E-state index contributed by atoms with van der Waals surface area (Å²) in [6.07, 6.45) is 1.11. The molecule has 0 amide bonds. The van der Waals surface area contributed by atoms with E-state index >= 15 is 0 Å². The largest absolute Gasteiger partial charge is 0.491 e. The van der Waals surface area contributed by atoms with Crippen molar-refractivity contribution >= 4 is 16.9 Å². The normalized spacial score (nSPS) is 14.4. The first-order chi connectivity index (χ1) is 10.4. The van der Waals surface area contributed by atoms with Crippen molar-refractivity contribution in [1.29, 1.82) is 0 Å². The number of carboxylic acids is 1. The van der Waals surface area contributed by atoms with Crippen LogP contribution in [0.25, 0.3) is 10.9 Å². The van der Waals surface area contributed by atoms with Gasteiger partial charge in [0.05, 0.1) is 7.11 Å². The molecule has 0 saturated heterocycles. The van der Waals surface area contributed by atoms with Gasteiger partial charge in [-0.25, -0.2) is 13.6 Å². The number of aromatic nitrogens is 1. The van der Waals surface area contributed by atoms with Crippen LogP contribution in [0.5, 0.6) is 5.75 Å². The molecule has 8 heteroatoms. The van der Waals surface area contributed by atoms with Crippen LogP contribution in [-0.4, -0.2) is 22.8 Å². The Hall–Kier alpha value is -2.51. The van der Waals surface area contributed by atoms with E-state index in [2.05, 4.69) is 0 Å². The van der Waals surface area contributed by atoms with Gasteiger partial charge in [-0.1, -0.05) is 0 Å². The van der Waals surface area contributed by atoms with Crippen molar-refractivity contribution in [2.75, 3.05) is 7.11 Å². The summed E-state index contributed by atoms with van der Waals surface area (Å²) in [4.78, 5) is 23.4. The molecule has 0 aliphatic heterocycles. The summed E-state index contributed by atoms with van der Waals surface area (Å²) in [7, 11) is 1.06. The number of ether oxygens (including phenoxy) is 1. The number of halogens is 3. The van der Waals surface area contributed by atoms with Gasteiger partial charge >= 0.3 is 5.97 Å². The number of carboxylic acid groups (broad SMARTS) is 1. The maximum atomic E-state index is 14.3. The number of benzene rings is 1. The highest BCUT2D eigenvalue weighted by Gasteiger charge is 2.33. The number of carbonyl (C=O) groups is 1. The summed E-state index contributed by atoms with van der Waals surface area (Å²) < 4.78 is 47.6. The Labute approximate surface area is 121 Å². The summed E-state index contributed by atoms with van der Waals surface area (Å²) in [5.74, 6) is -6.52. The van der Waals surface area contributed by atoms with Crippen LogP contribution in [0.4, 0.5) is 13.2 Å². The zero-order valence-corrected chi connectivity index (χ0v) is 11.3. The summed E-state index contributed by atoms with van der Waals surface area (Å²) >= 11 is 0. The minimum atomic E-state index is -1.76. The van der Waals surface area contributed by atoms with Crippen LogP contribution in [0, 0.1) is 17.5 Å². The molecule has 1 aliphatic carbocycles. The monoisotopic (exact) mass is 313 g/mol. The van der Waals surface area contributed by atoms with Crippen molar-refractivity contribution in [2.45, 2.75) is 18.9 Å². The first-order valence-corrected chi connectivity index (χ1v) is 6.41. The minimum absolute atomic E-state index is 0.267. The first-order valence-electron chi connectivity index (χ1n) is 6.41. The molecule has 5 nitrogen and oxygen atoms in total. The van der Waals surface area contributed by atoms with E-state index in [1.807, 2.05) is 0 Å². The molecular weight excluding hydrogens is 303 g/mol. The molecule has 0 unspecified atom stereocenters. The molecule has 22 heavy (non-hydrogen) atoms. The molecule has 1 fully saturated rings. The van der Waals surface area contributed by atoms with Gasteiger partial charge in [0, 0.05) is 11.4 Å². The van der Waals surface area contributed by atoms with Gasteiger partial charge in [-0.15, -0.1) is 0 Å². The van der Waals surface area contributed by atoms with Crippen molar-refractivity contribution in [1.82, 2.24) is 4.57 Å². The standard InChI is InChI=1S/C14H10F3NO4/c1-22-12-10(17)7(15)4-6-9(16)8(14(20)21)13(19)18(11(6)12)5-2-3-5/h4-5H,2-3H2,1H3,(H,20,21). The molecule has 2 aromatic rings. The molecule has 1 aromatic carbocycles. The second-order valence-corrected chi connectivity index (χ2v) is 5.00. The molecule has 1 N–H and O–H groups in total. The lowest BCUT2D eigenvalue weighted by atomic mass is 10.1. The number of aromatic carboxylic acids is 1. The third-order valence-electron chi connectivity index (χ3n) is 3.61. The Kier molecular flexibility index (Phi) is 3.12. The van der Waals surface area contributed by atoms with Crippen molar-refractivity contribution in [3.8, 4) is 5.75 Å². The molecule has 0 radical (unpaired) electrons. The molecule has 3 rings (SSSR count). The van der Waals surface area contributed by atoms with Gasteiger partial charge in [-0.2, -0.15) is 4.39 Å². The second kappa shape index (κ2) is 4.75. The fraction of sp³-hybridized carbons (Fsp3) is 0.286. The Balaban J connectivity index is 2.60. The number of fused-ring (bicyclic) bond motifs is 1. The Bertz CT molecular complexity index is 871. The highest BCUT2D eigenvalue weighted by Crippen LogP contribution is 2.40. The van der Waals surface area contributed by atoms with E-state index in [-0.39, 0.29) is 11.6 Å². The Morgan fingerprint density at radius 1 is 1.32 bits per heavy atom. The van der Waals surface area contributed by atoms with E-state index < -0.39 is 45.7 Å². The fourth-order valence-electron chi connectivity index (χ4n) is 2.50. The van der Waals surface area contributed by atoms with Gasteiger partial charge in [0.15, 0.2) is 22.9 Å². The highest BCUT2D eigenvalue weighted by molar-refractivity contribution is 5.95. The van der Waals surface area contributed by atoms with E-state index in [0.29, 0.717) is 18.9 Å². The topological polar surface area (TPSA) is 68.5 Å². The lowest BCUT2D eigenvalue weighted by molar-refractivity contribution is 0.0689. The quantitative estimate of drug-likeness (QED) is 0.945. The molecule has 0 bridgehead atoms. The van der Waals surface area contributed by atoms with Crippen LogP contribution >= 0.6 is 0 Å². The van der Waals surface area contributed by atoms with E-state index in [9.17, 15) is 22.8 Å². The van der Waals surface area contributed by atoms with Gasteiger partial charge in [0.25, 0.3) is 5.56 Å². The Morgan fingerprint density at radius 2 is 1.95 bits per heavy atom. The van der Waals surface area contributed by atoms with Gasteiger partial charge in [-0.3, -0.25) is 4.79 Å². The number of methoxy groups -OCH3 is 1. The van der Waals surface area contributed by atoms with Crippen LogP contribution in [0.1, 0.15) is 29.2 Å². The van der Waals surface area contributed by atoms with Crippen LogP contribution < -0.4 is 10.3 Å². The maximum Gasteiger partial charge on any atom is 0.344 e. The van der Waals surface area contributed by atoms with E-state index in [4.69, 9.17) is 9.84 Å². The van der Waals surface area contributed by atoms with Gasteiger partial charge in [0.1, 0.15) is 5.52 Å². The molecule has 1 aliphatic rings. The lowest BCUT2D eigenvalue weighted by Gasteiger charge is -2.15. The number of rotatable bonds is 3. The number of hydrogen-bond acceptors (Lipinski definition) is 3. The van der Waals surface area contributed by atoms with Crippen LogP contribution in [0.2, 0.25) is 0 Å². The molecule has 1 heterocycles. The average molecular weight is 313 g/mol. The molecule has 1 saturated carbocycles. The molecular formula is C14H10F3NO4. The lowest BCUT2D eigenvalue weighted by Crippen LogP contribution is -2.28. The zero-order chi connectivity index (χ0) is 16.2. The fourth-order valence-corrected chi connectivity index (χ4v) is 2.50. The predicted molar refractivity (Wildman–Crippen MR) is 69.9 cm³/mol.